The van der Waals surface area contributed by atoms with Crippen LogP contribution in [0.1, 0.15) is 20.7 Å². The number of hydrogen-bond donors (Lipinski definition) is 4. The van der Waals surface area contributed by atoms with Gasteiger partial charge in [0.1, 0.15) is 5.56 Å². The molecule has 0 aromatic heterocycles. The van der Waals surface area contributed by atoms with E-state index in [1.165, 1.54) is 24.3 Å². The van der Waals surface area contributed by atoms with Crippen molar-refractivity contribution in [2.24, 2.45) is 0 Å². The van der Waals surface area contributed by atoms with Crippen molar-refractivity contribution >= 4 is 57.6 Å². The van der Waals surface area contributed by atoms with Crippen molar-refractivity contribution < 1.29 is 14.5 Å². The SMILES string of the molecule is O=C(Nc1ccc(Nc2ccccc2)cc1)c1ccccc1NC(=S)NC(=O)c1ccccc1[N+](=O)[O-]. The number of carbonyl (C=O) groups is 2. The van der Waals surface area contributed by atoms with Gasteiger partial charge >= 0.3 is 0 Å². The summed E-state index contributed by atoms with van der Waals surface area (Å²) in [5.74, 6) is -1.13. The van der Waals surface area contributed by atoms with Crippen molar-refractivity contribution in [3.05, 3.63) is 124 Å². The summed E-state index contributed by atoms with van der Waals surface area (Å²) < 4.78 is 0. The Labute approximate surface area is 217 Å². The molecule has 0 aliphatic carbocycles. The van der Waals surface area contributed by atoms with Crippen molar-refractivity contribution in [2.45, 2.75) is 0 Å². The fourth-order valence-corrected chi connectivity index (χ4v) is 3.67. The maximum atomic E-state index is 13.0. The molecule has 0 aliphatic heterocycles. The van der Waals surface area contributed by atoms with E-state index in [1.54, 1.807) is 36.4 Å². The molecule has 4 N–H and O–H groups in total. The van der Waals surface area contributed by atoms with Crippen molar-refractivity contribution in [3.63, 3.8) is 0 Å². The molecule has 4 aromatic carbocycles. The average molecular weight is 512 g/mol. The monoisotopic (exact) mass is 511 g/mol. The van der Waals surface area contributed by atoms with Crippen LogP contribution < -0.4 is 21.3 Å². The van der Waals surface area contributed by atoms with Gasteiger partial charge in [0.25, 0.3) is 17.5 Å². The summed E-state index contributed by atoms with van der Waals surface area (Å²) in [5.41, 5.74) is 2.58. The van der Waals surface area contributed by atoms with Gasteiger partial charge < -0.3 is 16.0 Å². The molecular formula is C27H21N5O4S. The maximum absolute atomic E-state index is 13.0. The predicted octanol–water partition coefficient (Wildman–Crippen LogP) is 5.72. The van der Waals surface area contributed by atoms with Gasteiger partial charge in [-0.3, -0.25) is 25.0 Å². The first kappa shape index (κ1) is 25.0. The smallest absolute Gasteiger partial charge is 0.282 e. The minimum absolute atomic E-state index is 0.111. The zero-order valence-corrected chi connectivity index (χ0v) is 20.1. The van der Waals surface area contributed by atoms with E-state index in [2.05, 4.69) is 21.3 Å². The summed E-state index contributed by atoms with van der Waals surface area (Å²) in [6.07, 6.45) is 0. The Balaban J connectivity index is 1.41. The predicted molar refractivity (Wildman–Crippen MR) is 147 cm³/mol. The van der Waals surface area contributed by atoms with Gasteiger partial charge in [0.2, 0.25) is 0 Å². The van der Waals surface area contributed by atoms with Crippen molar-refractivity contribution in [1.82, 2.24) is 5.32 Å². The van der Waals surface area contributed by atoms with Gasteiger partial charge in [-0.05, 0) is 66.8 Å². The first-order chi connectivity index (χ1) is 17.9. The highest BCUT2D eigenvalue weighted by Gasteiger charge is 2.20. The van der Waals surface area contributed by atoms with E-state index < -0.39 is 10.8 Å². The van der Waals surface area contributed by atoms with Crippen LogP contribution in [0.3, 0.4) is 0 Å². The molecule has 0 bridgehead atoms. The van der Waals surface area contributed by atoms with Crippen LogP contribution in [0.25, 0.3) is 0 Å². The third kappa shape index (κ3) is 6.53. The number of nitro benzene ring substituents is 1. The minimum atomic E-state index is -0.740. The highest BCUT2D eigenvalue weighted by molar-refractivity contribution is 7.80. The van der Waals surface area contributed by atoms with E-state index in [0.29, 0.717) is 11.4 Å². The highest BCUT2D eigenvalue weighted by atomic mass is 32.1. The molecule has 9 nitrogen and oxygen atoms in total. The summed E-state index contributed by atoms with van der Waals surface area (Å²) in [6.45, 7) is 0. The van der Waals surface area contributed by atoms with E-state index in [-0.39, 0.29) is 27.8 Å². The van der Waals surface area contributed by atoms with Gasteiger partial charge in [-0.15, -0.1) is 0 Å². The van der Waals surface area contributed by atoms with Gasteiger partial charge in [0.15, 0.2) is 5.11 Å². The molecule has 0 atom stereocenters. The van der Waals surface area contributed by atoms with Crippen LogP contribution in [-0.4, -0.2) is 21.9 Å². The van der Waals surface area contributed by atoms with Crippen LogP contribution in [0.5, 0.6) is 0 Å². The number of anilines is 4. The first-order valence-electron chi connectivity index (χ1n) is 11.1. The second-order valence-corrected chi connectivity index (χ2v) is 8.16. The van der Waals surface area contributed by atoms with Gasteiger partial charge in [0, 0.05) is 23.1 Å². The summed E-state index contributed by atoms with van der Waals surface area (Å²) in [6, 6.07) is 29.1. The number of thiocarbonyl (C=S) groups is 1. The van der Waals surface area contributed by atoms with Crippen LogP contribution in [0, 0.1) is 10.1 Å². The Morgan fingerprint density at radius 2 is 1.22 bits per heavy atom. The second-order valence-electron chi connectivity index (χ2n) is 7.75. The van der Waals surface area contributed by atoms with Crippen LogP contribution in [0.15, 0.2) is 103 Å². The third-order valence-electron chi connectivity index (χ3n) is 5.20. The Kier molecular flexibility index (Phi) is 7.82. The van der Waals surface area contributed by atoms with Crippen LogP contribution in [0.2, 0.25) is 0 Å². The van der Waals surface area contributed by atoms with Crippen LogP contribution >= 0.6 is 12.2 Å². The first-order valence-corrected chi connectivity index (χ1v) is 11.5. The van der Waals surface area contributed by atoms with Crippen molar-refractivity contribution in [2.75, 3.05) is 16.0 Å². The molecule has 0 heterocycles. The quantitative estimate of drug-likeness (QED) is 0.142. The summed E-state index contributed by atoms with van der Waals surface area (Å²) in [5, 5.41) is 22.4. The number of hydrogen-bond acceptors (Lipinski definition) is 6. The number of benzene rings is 4. The largest absolute Gasteiger partial charge is 0.356 e. The molecule has 4 aromatic rings. The molecule has 10 heteroatoms. The molecular weight excluding hydrogens is 490 g/mol. The summed E-state index contributed by atoms with van der Waals surface area (Å²) in [7, 11) is 0. The molecule has 0 fully saturated rings. The lowest BCUT2D eigenvalue weighted by atomic mass is 10.1. The Morgan fingerprint density at radius 3 is 1.92 bits per heavy atom. The fraction of sp³-hybridized carbons (Fsp3) is 0. The number of carbonyl (C=O) groups excluding carboxylic acids is 2. The molecule has 0 spiro atoms. The van der Waals surface area contributed by atoms with Gasteiger partial charge in [-0.25, -0.2) is 0 Å². The van der Waals surface area contributed by atoms with E-state index in [1.807, 2.05) is 42.5 Å². The lowest BCUT2D eigenvalue weighted by Crippen LogP contribution is -2.35. The number of amides is 2. The van der Waals surface area contributed by atoms with E-state index in [9.17, 15) is 19.7 Å². The minimum Gasteiger partial charge on any atom is -0.356 e. The lowest BCUT2D eigenvalue weighted by Gasteiger charge is -2.14. The zero-order chi connectivity index (χ0) is 26.2. The number of nitro groups is 1. The normalized spacial score (nSPS) is 10.2. The standard InChI is InChI=1S/C27H21N5O4S/c33-25(29-20-16-14-19(15-17-20)28-18-8-2-1-3-9-18)21-10-4-6-12-23(21)30-27(37)31-26(34)22-11-5-7-13-24(22)32(35)36/h1-17,28H,(H,29,33)(H2,30,31,34,37). The molecule has 0 saturated heterocycles. The number of para-hydroxylation sites is 3. The molecule has 4 rings (SSSR count). The topological polar surface area (TPSA) is 125 Å². The van der Waals surface area contributed by atoms with Crippen molar-refractivity contribution in [3.8, 4) is 0 Å². The number of rotatable bonds is 7. The molecule has 0 saturated carbocycles. The van der Waals surface area contributed by atoms with E-state index >= 15 is 0 Å². The highest BCUT2D eigenvalue weighted by Crippen LogP contribution is 2.21. The van der Waals surface area contributed by atoms with Crippen molar-refractivity contribution in [1.29, 1.82) is 0 Å². The molecule has 0 unspecified atom stereocenters. The third-order valence-corrected chi connectivity index (χ3v) is 5.40. The van der Waals surface area contributed by atoms with Gasteiger partial charge in [0.05, 0.1) is 16.2 Å². The number of nitrogens with one attached hydrogen (secondary N) is 4. The van der Waals surface area contributed by atoms with Gasteiger partial charge in [-0.2, -0.15) is 0 Å². The Morgan fingerprint density at radius 1 is 0.649 bits per heavy atom. The lowest BCUT2D eigenvalue weighted by molar-refractivity contribution is -0.385. The van der Waals surface area contributed by atoms with Crippen LogP contribution in [0.4, 0.5) is 28.4 Å². The molecule has 184 valence electrons. The van der Waals surface area contributed by atoms with E-state index in [0.717, 1.165) is 11.4 Å². The zero-order valence-electron chi connectivity index (χ0n) is 19.3. The van der Waals surface area contributed by atoms with E-state index in [4.69, 9.17) is 12.2 Å². The van der Waals surface area contributed by atoms with Crippen LogP contribution in [-0.2, 0) is 0 Å². The summed E-state index contributed by atoms with van der Waals surface area (Å²) >= 11 is 5.21. The fourth-order valence-electron chi connectivity index (χ4n) is 3.46. The number of nitrogens with zero attached hydrogens (tertiary/aromatic N) is 1. The van der Waals surface area contributed by atoms with Gasteiger partial charge in [-0.1, -0.05) is 42.5 Å². The Bertz CT molecular complexity index is 1460. The molecule has 37 heavy (non-hydrogen) atoms. The molecule has 0 aliphatic rings. The second kappa shape index (κ2) is 11.6. The Hall–Kier alpha value is -5.09. The molecule has 2 amide bonds. The summed E-state index contributed by atoms with van der Waals surface area (Å²) in [4.78, 5) is 36.1. The average Bonchev–Trinajstić information content (AvgIpc) is 2.90. The molecule has 0 radical (unpaired) electrons. The maximum Gasteiger partial charge on any atom is 0.282 e.